The molecule has 1 saturated heterocycles. The van der Waals surface area contributed by atoms with Crippen LogP contribution in [-0.4, -0.2) is 18.7 Å². The van der Waals surface area contributed by atoms with Crippen molar-refractivity contribution in [2.45, 2.75) is 17.9 Å². The van der Waals surface area contributed by atoms with Gasteiger partial charge >= 0.3 is 5.91 Å². The predicted octanol–water partition coefficient (Wildman–Crippen LogP) is 6.39. The molecule has 0 bridgehead atoms. The second kappa shape index (κ2) is 7.42. The van der Waals surface area contributed by atoms with Crippen LogP contribution in [0.4, 0.5) is 5.69 Å². The van der Waals surface area contributed by atoms with Crippen LogP contribution < -0.4 is 4.90 Å². The van der Waals surface area contributed by atoms with Gasteiger partial charge in [-0.2, -0.15) is 0 Å². The smallest absolute Gasteiger partial charge is 0.313 e. The van der Waals surface area contributed by atoms with Crippen molar-refractivity contribution in [3.05, 3.63) is 144 Å². The zero-order valence-electron chi connectivity index (χ0n) is 19.9. The standard InChI is InChI=1S/C32H25NO3/c1-33-27-20-12-11-19-26(27)29(34)30-21-28(23-13-5-2-6-14-23)35-32(30,33)36-31(22-30,24-15-7-3-8-16-24)25-17-9-4-10-18-25/h2-21H,22H2,1H3. The van der Waals surface area contributed by atoms with Crippen LogP contribution in [0.1, 0.15) is 33.5 Å². The molecular weight excluding hydrogens is 446 g/mol. The fourth-order valence-electron chi connectivity index (χ4n) is 6.25. The molecule has 3 aliphatic rings. The Morgan fingerprint density at radius 2 is 1.28 bits per heavy atom. The summed E-state index contributed by atoms with van der Waals surface area (Å²) in [5.74, 6) is -0.649. The second-order valence-electron chi connectivity index (χ2n) is 9.77. The van der Waals surface area contributed by atoms with Gasteiger partial charge in [-0.3, -0.25) is 4.79 Å². The van der Waals surface area contributed by atoms with Crippen LogP contribution in [0.25, 0.3) is 5.76 Å². The zero-order chi connectivity index (χ0) is 24.4. The van der Waals surface area contributed by atoms with E-state index in [0.717, 1.165) is 22.4 Å². The van der Waals surface area contributed by atoms with Gasteiger partial charge in [0.25, 0.3) is 0 Å². The van der Waals surface area contributed by atoms with Crippen LogP contribution in [0.15, 0.2) is 121 Å². The van der Waals surface area contributed by atoms with Crippen molar-refractivity contribution in [3.8, 4) is 0 Å². The summed E-state index contributed by atoms with van der Waals surface area (Å²) >= 11 is 0. The second-order valence-corrected chi connectivity index (χ2v) is 9.77. The van der Waals surface area contributed by atoms with Gasteiger partial charge in [0.05, 0.1) is 5.69 Å². The molecular formula is C32H25NO3. The molecule has 4 aromatic carbocycles. The monoisotopic (exact) mass is 471 g/mol. The molecule has 7 rings (SSSR count). The van der Waals surface area contributed by atoms with E-state index in [4.69, 9.17) is 9.47 Å². The zero-order valence-corrected chi connectivity index (χ0v) is 19.9. The van der Waals surface area contributed by atoms with Crippen LogP contribution in [0.3, 0.4) is 0 Å². The molecule has 1 fully saturated rings. The molecule has 4 heteroatoms. The lowest BCUT2D eigenvalue weighted by Gasteiger charge is -2.47. The van der Waals surface area contributed by atoms with E-state index in [-0.39, 0.29) is 5.78 Å². The number of ether oxygens (including phenoxy) is 2. The maximum atomic E-state index is 14.5. The highest BCUT2D eigenvalue weighted by atomic mass is 16.7. The van der Waals surface area contributed by atoms with Crippen molar-refractivity contribution >= 4 is 17.2 Å². The number of benzene rings is 4. The Balaban J connectivity index is 1.52. The number of hydrogen-bond acceptors (Lipinski definition) is 4. The third kappa shape index (κ3) is 2.59. The van der Waals surface area contributed by atoms with E-state index in [0.29, 0.717) is 17.7 Å². The highest BCUT2D eigenvalue weighted by Crippen LogP contribution is 2.68. The number of carbonyl (C=O) groups is 1. The molecule has 0 aromatic heterocycles. The molecule has 0 amide bonds. The van der Waals surface area contributed by atoms with Gasteiger partial charge in [0.2, 0.25) is 0 Å². The number of rotatable bonds is 3. The quantitative estimate of drug-likeness (QED) is 0.347. The lowest BCUT2D eigenvalue weighted by Crippen LogP contribution is -2.62. The van der Waals surface area contributed by atoms with Crippen molar-refractivity contribution in [1.82, 2.24) is 0 Å². The van der Waals surface area contributed by atoms with E-state index in [1.54, 1.807) is 0 Å². The van der Waals surface area contributed by atoms with E-state index < -0.39 is 16.9 Å². The Hall–Kier alpha value is -4.15. The van der Waals surface area contributed by atoms with Gasteiger partial charge in [0.1, 0.15) is 16.8 Å². The Kier molecular flexibility index (Phi) is 4.36. The van der Waals surface area contributed by atoms with Crippen molar-refractivity contribution in [2.24, 2.45) is 5.41 Å². The minimum Gasteiger partial charge on any atom is -0.443 e. The molecule has 4 nitrogen and oxygen atoms in total. The molecule has 0 radical (unpaired) electrons. The lowest BCUT2D eigenvalue weighted by molar-refractivity contribution is -0.224. The Morgan fingerprint density at radius 3 is 1.92 bits per heavy atom. The normalized spacial score (nSPS) is 25.4. The number of hydrogen-bond donors (Lipinski definition) is 0. The minimum absolute atomic E-state index is 0.0240. The van der Waals surface area contributed by atoms with E-state index in [9.17, 15) is 4.79 Å². The number of ketones is 1. The largest absolute Gasteiger partial charge is 0.443 e. The first-order valence-corrected chi connectivity index (χ1v) is 12.3. The van der Waals surface area contributed by atoms with Gasteiger partial charge in [0, 0.05) is 24.6 Å². The fourth-order valence-corrected chi connectivity index (χ4v) is 6.25. The minimum atomic E-state index is -1.34. The average molecular weight is 472 g/mol. The SMILES string of the molecule is CN1c2ccccc2C(=O)C23C=C(c4ccccc4)OC12OC(c1ccccc1)(c1ccccc1)C3. The van der Waals surface area contributed by atoms with Gasteiger partial charge < -0.3 is 14.4 Å². The number of para-hydroxylation sites is 1. The first kappa shape index (κ1) is 21.2. The molecule has 0 spiro atoms. The predicted molar refractivity (Wildman–Crippen MR) is 139 cm³/mol. The summed E-state index contributed by atoms with van der Waals surface area (Å²) in [6.07, 6.45) is 2.44. The maximum absolute atomic E-state index is 14.5. The Morgan fingerprint density at radius 1 is 0.722 bits per heavy atom. The molecule has 4 aromatic rings. The maximum Gasteiger partial charge on any atom is 0.313 e. The number of Topliss-reactive ketones (excluding diaryl/α,β-unsaturated/α-hetero) is 1. The van der Waals surface area contributed by atoms with E-state index in [1.165, 1.54) is 0 Å². The molecule has 3 heterocycles. The first-order valence-electron chi connectivity index (χ1n) is 12.3. The fraction of sp³-hybridized carbons (Fsp3) is 0.156. The van der Waals surface area contributed by atoms with Crippen LogP contribution in [-0.2, 0) is 15.1 Å². The summed E-state index contributed by atoms with van der Waals surface area (Å²) in [6.45, 7) is 0. The molecule has 0 aliphatic carbocycles. The number of carbonyl (C=O) groups excluding carboxylic acids is 1. The van der Waals surface area contributed by atoms with E-state index >= 15 is 0 Å². The average Bonchev–Trinajstić information content (AvgIpc) is 3.44. The number of nitrogens with zero attached hydrogens (tertiary/aromatic N) is 1. The summed E-state index contributed by atoms with van der Waals surface area (Å²) in [4.78, 5) is 16.6. The number of anilines is 1. The van der Waals surface area contributed by atoms with Gasteiger partial charge in [-0.25, -0.2) is 0 Å². The van der Waals surface area contributed by atoms with Crippen LogP contribution in [0, 0.1) is 5.41 Å². The molecule has 0 saturated carbocycles. The summed E-state index contributed by atoms with van der Waals surface area (Å²) < 4.78 is 14.1. The van der Waals surface area contributed by atoms with E-state index in [1.807, 2.05) is 109 Å². The van der Waals surface area contributed by atoms with Crippen LogP contribution in [0.5, 0.6) is 0 Å². The summed E-state index contributed by atoms with van der Waals surface area (Å²) in [6, 6.07) is 38.1. The van der Waals surface area contributed by atoms with Crippen LogP contribution in [0.2, 0.25) is 0 Å². The van der Waals surface area contributed by atoms with Crippen molar-refractivity contribution in [2.75, 3.05) is 11.9 Å². The Bertz CT molecular complexity index is 1460. The highest BCUT2D eigenvalue weighted by molar-refractivity contribution is 6.10. The van der Waals surface area contributed by atoms with Gasteiger partial charge in [-0.05, 0) is 29.3 Å². The Labute approximate surface area is 210 Å². The van der Waals surface area contributed by atoms with Crippen molar-refractivity contribution in [3.63, 3.8) is 0 Å². The first-order chi connectivity index (χ1) is 17.6. The van der Waals surface area contributed by atoms with Gasteiger partial charge in [0.15, 0.2) is 5.78 Å². The molecule has 0 N–H and O–H groups in total. The molecule has 3 aliphatic heterocycles. The third-order valence-electron chi connectivity index (χ3n) is 7.93. The van der Waals surface area contributed by atoms with E-state index in [2.05, 4.69) is 24.3 Å². The van der Waals surface area contributed by atoms with Gasteiger partial charge in [-0.15, -0.1) is 0 Å². The van der Waals surface area contributed by atoms with Gasteiger partial charge in [-0.1, -0.05) is 103 Å². The summed E-state index contributed by atoms with van der Waals surface area (Å²) in [5, 5.41) is 0. The third-order valence-corrected chi connectivity index (χ3v) is 7.93. The topological polar surface area (TPSA) is 38.8 Å². The van der Waals surface area contributed by atoms with Crippen molar-refractivity contribution in [1.29, 1.82) is 0 Å². The van der Waals surface area contributed by atoms with Crippen molar-refractivity contribution < 1.29 is 14.3 Å². The summed E-state index contributed by atoms with van der Waals surface area (Å²) in [7, 11) is 1.97. The molecule has 2 atom stereocenters. The summed E-state index contributed by atoms with van der Waals surface area (Å²) in [5.41, 5.74) is 2.47. The molecule has 36 heavy (non-hydrogen) atoms. The molecule has 176 valence electrons. The molecule has 2 unspecified atom stereocenters. The van der Waals surface area contributed by atoms with Crippen LogP contribution >= 0.6 is 0 Å². The highest BCUT2D eigenvalue weighted by Gasteiger charge is 2.77. The number of fused-ring (bicyclic) bond motifs is 1. The lowest BCUT2D eigenvalue weighted by atomic mass is 9.67.